The van der Waals surface area contributed by atoms with Crippen molar-refractivity contribution >= 4 is 64.3 Å². The molecule has 14 nitrogen and oxygen atoms in total. The molecule has 2 atom stereocenters. The first-order chi connectivity index (χ1) is 28.9. The highest BCUT2D eigenvalue weighted by Crippen LogP contribution is 2.29. The Labute approximate surface area is 352 Å². The van der Waals surface area contributed by atoms with E-state index in [2.05, 4.69) is 77.0 Å². The molecule has 0 spiro atoms. The molecule has 0 radical (unpaired) electrons. The van der Waals surface area contributed by atoms with Gasteiger partial charge in [-0.1, -0.05) is 83.7 Å². The summed E-state index contributed by atoms with van der Waals surface area (Å²) in [4.78, 5) is 72.4. The van der Waals surface area contributed by atoms with Crippen LogP contribution in [0.2, 0.25) is 0 Å². The average molecular weight is 826 g/mol. The number of benzene rings is 2. The Kier molecular flexibility index (Phi) is 20.4. The van der Waals surface area contributed by atoms with Crippen LogP contribution < -0.4 is 26.0 Å². The maximum Gasteiger partial charge on any atom is 0.258 e. The molecule has 5 N–H and O–H groups in total. The van der Waals surface area contributed by atoms with E-state index in [0.29, 0.717) is 18.6 Å². The summed E-state index contributed by atoms with van der Waals surface area (Å²) in [6.45, 7) is 16.1. The third-order valence-electron chi connectivity index (χ3n) is 9.18. The van der Waals surface area contributed by atoms with Gasteiger partial charge in [-0.3, -0.25) is 34.1 Å². The molecule has 1 aromatic heterocycles. The van der Waals surface area contributed by atoms with Gasteiger partial charge in [0.15, 0.2) is 18.7 Å². The number of amides is 4. The van der Waals surface area contributed by atoms with Crippen molar-refractivity contribution in [3.05, 3.63) is 95.4 Å². The second-order valence-corrected chi connectivity index (χ2v) is 13.9. The number of H-pyrrole nitrogens is 1. The number of allylic oxidation sites excluding steroid dienone is 3. The van der Waals surface area contributed by atoms with Crippen LogP contribution in [0.3, 0.4) is 0 Å². The number of rotatable bonds is 19. The molecule has 1 fully saturated rings. The van der Waals surface area contributed by atoms with Gasteiger partial charge in [0.25, 0.3) is 5.91 Å². The molecule has 60 heavy (non-hydrogen) atoms. The van der Waals surface area contributed by atoms with Gasteiger partial charge >= 0.3 is 0 Å². The van der Waals surface area contributed by atoms with Crippen LogP contribution in [0.15, 0.2) is 67.4 Å². The molecule has 2 aliphatic heterocycles. The van der Waals surface area contributed by atoms with Crippen LogP contribution in [0.5, 0.6) is 5.75 Å². The molecule has 0 saturated carbocycles. The number of imide groups is 1. The third-order valence-corrected chi connectivity index (χ3v) is 9.18. The lowest BCUT2D eigenvalue weighted by atomic mass is 9.96. The van der Waals surface area contributed by atoms with Gasteiger partial charge in [-0.15, -0.1) is 0 Å². The molecule has 3 heterocycles. The van der Waals surface area contributed by atoms with Crippen LogP contribution in [-0.2, 0) is 28.7 Å². The Morgan fingerprint density at radius 3 is 2.33 bits per heavy atom. The van der Waals surface area contributed by atoms with Crippen LogP contribution in [-0.4, -0.2) is 86.4 Å². The Morgan fingerprint density at radius 2 is 1.73 bits per heavy atom. The maximum absolute atomic E-state index is 12.2. The fourth-order valence-corrected chi connectivity index (χ4v) is 6.12. The zero-order chi connectivity index (χ0) is 44.0. The molecule has 2 unspecified atom stereocenters. The number of piperidine rings is 1. The summed E-state index contributed by atoms with van der Waals surface area (Å²) in [6, 6.07) is 10.9. The summed E-state index contributed by atoms with van der Waals surface area (Å²) in [5, 5.41) is 12.0. The van der Waals surface area contributed by atoms with Crippen LogP contribution in [0.25, 0.3) is 28.6 Å². The van der Waals surface area contributed by atoms with E-state index in [9.17, 15) is 28.8 Å². The summed E-state index contributed by atoms with van der Waals surface area (Å²) in [7, 11) is 0. The highest BCUT2D eigenvalue weighted by Gasteiger charge is 2.24. The highest BCUT2D eigenvalue weighted by atomic mass is 16.5. The first-order valence-electron chi connectivity index (χ1n) is 20.3. The minimum atomic E-state index is -0.444. The van der Waals surface area contributed by atoms with E-state index < -0.39 is 12.1 Å². The number of nitrogens with one attached hydrogen (secondary N) is 5. The number of aromatic nitrogens is 1. The number of carbonyl (C=O) groups is 6. The Morgan fingerprint density at radius 1 is 1.02 bits per heavy atom. The standard InChI is InChI=1S/C37H42N4O7.C7H11NO2.C2H6/c1-5-29-30-12-10-26(19-32(30)41-31(29)13-9-24(2)3)27-11-14-36(40-20-27)48-23-35(45)39-16-18-46-17-15-38-34(44)22-47-33-8-6-7-28(21-42)37(33)25(4)43;1-2-5-3-4-6(9)8-7(5)10;1-2/h5-14,19-21,24,36,40-41H,1,15-18,22-23H2,2-4H3,(H,38,44)(H,39,45);5H,2-4H2,1H3,(H,8,9,10);1-2H3/b13-9-;;. The highest BCUT2D eigenvalue weighted by molar-refractivity contribution is 6.04. The summed E-state index contributed by atoms with van der Waals surface area (Å²) in [6.07, 6.45) is 14.0. The second kappa shape index (κ2) is 25.4. The van der Waals surface area contributed by atoms with Crippen molar-refractivity contribution in [1.29, 1.82) is 0 Å². The van der Waals surface area contributed by atoms with Gasteiger partial charge in [0.2, 0.25) is 17.7 Å². The lowest BCUT2D eigenvalue weighted by molar-refractivity contribution is -0.136. The van der Waals surface area contributed by atoms with Gasteiger partial charge < -0.3 is 35.1 Å². The van der Waals surface area contributed by atoms with Crippen molar-refractivity contribution in [2.75, 3.05) is 39.5 Å². The topological polar surface area (TPSA) is 194 Å². The van der Waals surface area contributed by atoms with Crippen LogP contribution in [0, 0.1) is 11.8 Å². The minimum Gasteiger partial charge on any atom is -0.483 e. The number of fused-ring (bicyclic) bond motifs is 1. The average Bonchev–Trinajstić information content (AvgIpc) is 3.61. The van der Waals surface area contributed by atoms with Gasteiger partial charge in [0.1, 0.15) is 18.6 Å². The molecule has 5 rings (SSSR count). The number of aldehydes is 1. The fraction of sp³-hybridized carbons (Fsp3) is 0.391. The number of hydrogen-bond donors (Lipinski definition) is 5. The largest absolute Gasteiger partial charge is 0.483 e. The zero-order valence-electron chi connectivity index (χ0n) is 35.5. The molecule has 2 aromatic carbocycles. The van der Waals surface area contributed by atoms with E-state index in [1.54, 1.807) is 6.07 Å². The molecular formula is C46H59N5O9. The zero-order valence-corrected chi connectivity index (χ0v) is 35.5. The molecule has 4 amide bonds. The first-order valence-corrected chi connectivity index (χ1v) is 20.3. The number of Topliss-reactive ketones (excluding diaryl/α,β-unsaturated/α-hetero) is 1. The number of dihydropyridines is 1. The van der Waals surface area contributed by atoms with Crippen LogP contribution in [0.1, 0.15) is 98.3 Å². The monoisotopic (exact) mass is 825 g/mol. The quantitative estimate of drug-likeness (QED) is 0.0406. The predicted octanol–water partition coefficient (Wildman–Crippen LogP) is 6.14. The van der Waals surface area contributed by atoms with E-state index in [-0.39, 0.29) is 85.8 Å². The molecule has 0 bridgehead atoms. The van der Waals surface area contributed by atoms with Gasteiger partial charge in [-0.05, 0) is 61.1 Å². The number of carbonyl (C=O) groups excluding carboxylic acids is 6. The summed E-state index contributed by atoms with van der Waals surface area (Å²) >= 11 is 0. The van der Waals surface area contributed by atoms with E-state index in [1.807, 2.05) is 45.2 Å². The smallest absolute Gasteiger partial charge is 0.258 e. The minimum absolute atomic E-state index is 0.0673. The van der Waals surface area contributed by atoms with Crippen molar-refractivity contribution in [2.24, 2.45) is 11.8 Å². The number of aromatic amines is 1. The van der Waals surface area contributed by atoms with Crippen molar-refractivity contribution in [3.63, 3.8) is 0 Å². The van der Waals surface area contributed by atoms with E-state index in [1.165, 1.54) is 19.1 Å². The number of hydrogen-bond acceptors (Lipinski definition) is 10. The Balaban J connectivity index is 0.000000692. The summed E-state index contributed by atoms with van der Waals surface area (Å²) < 4.78 is 16.6. The molecule has 14 heteroatoms. The van der Waals surface area contributed by atoms with E-state index in [0.717, 1.165) is 46.1 Å². The van der Waals surface area contributed by atoms with Crippen molar-refractivity contribution < 1.29 is 43.0 Å². The van der Waals surface area contributed by atoms with Gasteiger partial charge in [-0.25, -0.2) is 0 Å². The van der Waals surface area contributed by atoms with E-state index >= 15 is 0 Å². The molecular weight excluding hydrogens is 767 g/mol. The predicted molar refractivity (Wildman–Crippen MR) is 234 cm³/mol. The molecule has 0 aliphatic carbocycles. The summed E-state index contributed by atoms with van der Waals surface area (Å²) in [5.74, 6) is -0.562. The van der Waals surface area contributed by atoms with Crippen LogP contribution in [0.4, 0.5) is 0 Å². The lowest BCUT2D eigenvalue weighted by Gasteiger charge is -2.19. The van der Waals surface area contributed by atoms with Crippen molar-refractivity contribution in [3.8, 4) is 5.75 Å². The van der Waals surface area contributed by atoms with E-state index in [4.69, 9.17) is 14.2 Å². The Hall–Kier alpha value is -6.12. The maximum atomic E-state index is 12.2. The van der Waals surface area contributed by atoms with Gasteiger partial charge in [0, 0.05) is 59.4 Å². The lowest BCUT2D eigenvalue weighted by Crippen LogP contribution is -2.40. The van der Waals surface area contributed by atoms with Gasteiger partial charge in [0.05, 0.1) is 18.8 Å². The Bertz CT molecular complexity index is 2060. The fourth-order valence-electron chi connectivity index (χ4n) is 6.12. The normalized spacial score (nSPS) is 15.8. The number of ketones is 1. The molecule has 2 aliphatic rings. The first kappa shape index (κ1) is 48.3. The van der Waals surface area contributed by atoms with Gasteiger partial charge in [-0.2, -0.15) is 0 Å². The SMILES string of the molecule is C=Cc1c(/C=C\C(C)C)[nH]c2cc(C3=CNC(OCC(=O)NCCOCCNC(=O)COc4cccc(C=O)c4C(C)=O)C=C3)ccc12.CC.CCC1CCC(=O)NC1=O. The third kappa shape index (κ3) is 14.9. The van der Waals surface area contributed by atoms with Crippen LogP contribution >= 0.6 is 0 Å². The second-order valence-electron chi connectivity index (χ2n) is 13.9. The van der Waals surface area contributed by atoms with Crippen molar-refractivity contribution in [2.45, 2.75) is 67.0 Å². The number of ether oxygens (including phenoxy) is 3. The molecule has 3 aromatic rings. The molecule has 1 saturated heterocycles. The summed E-state index contributed by atoms with van der Waals surface area (Å²) in [5.41, 5.74) is 5.51. The van der Waals surface area contributed by atoms with Crippen molar-refractivity contribution in [1.82, 2.24) is 26.3 Å². The molecule has 322 valence electrons.